The highest BCUT2D eigenvalue weighted by atomic mass is 16.2. The predicted octanol–water partition coefficient (Wildman–Crippen LogP) is 4.88. The zero-order chi connectivity index (χ0) is 17.7. The van der Waals surface area contributed by atoms with E-state index in [1.54, 1.807) is 36.4 Å². The zero-order valence-corrected chi connectivity index (χ0v) is 14.6. The van der Waals surface area contributed by atoms with Crippen molar-refractivity contribution in [1.29, 1.82) is 0 Å². The maximum Gasteiger partial charge on any atom is 0.229 e. The Balaban J connectivity index is 2.11. The van der Waals surface area contributed by atoms with Crippen LogP contribution in [0.25, 0.3) is 6.08 Å². The van der Waals surface area contributed by atoms with E-state index < -0.39 is 5.41 Å². The quantitative estimate of drug-likeness (QED) is 0.644. The molecule has 0 saturated carbocycles. The van der Waals surface area contributed by atoms with Gasteiger partial charge in [0.15, 0.2) is 5.78 Å². The summed E-state index contributed by atoms with van der Waals surface area (Å²) in [5.74, 6) is -0.176. The summed E-state index contributed by atoms with van der Waals surface area (Å²) in [5.41, 5.74) is 2.85. The third kappa shape index (κ3) is 4.92. The van der Waals surface area contributed by atoms with Crippen LogP contribution in [0.1, 0.15) is 42.3 Å². The highest BCUT2D eigenvalue weighted by Gasteiger charge is 2.21. The van der Waals surface area contributed by atoms with Gasteiger partial charge in [0.1, 0.15) is 0 Å². The number of hydrogen-bond donors (Lipinski definition) is 1. The van der Waals surface area contributed by atoms with Crippen molar-refractivity contribution in [2.75, 3.05) is 5.32 Å². The van der Waals surface area contributed by atoms with Gasteiger partial charge >= 0.3 is 0 Å². The van der Waals surface area contributed by atoms with E-state index in [9.17, 15) is 9.59 Å². The number of hydrogen-bond acceptors (Lipinski definition) is 2. The Morgan fingerprint density at radius 1 is 1.00 bits per heavy atom. The Labute approximate surface area is 143 Å². The highest BCUT2D eigenvalue weighted by Crippen LogP contribution is 2.18. The molecule has 2 rings (SSSR count). The smallest absolute Gasteiger partial charge is 0.229 e. The van der Waals surface area contributed by atoms with Gasteiger partial charge in [-0.15, -0.1) is 0 Å². The predicted molar refractivity (Wildman–Crippen MR) is 99.1 cm³/mol. The maximum absolute atomic E-state index is 12.3. The summed E-state index contributed by atoms with van der Waals surface area (Å²) >= 11 is 0. The largest absolute Gasteiger partial charge is 0.326 e. The van der Waals surface area contributed by atoms with E-state index in [1.165, 1.54) is 5.56 Å². The minimum absolute atomic E-state index is 0.0812. The van der Waals surface area contributed by atoms with Crippen molar-refractivity contribution in [3.8, 4) is 0 Å². The molecule has 3 heteroatoms. The molecule has 0 heterocycles. The van der Waals surface area contributed by atoms with Crippen LogP contribution in [-0.2, 0) is 4.79 Å². The highest BCUT2D eigenvalue weighted by molar-refractivity contribution is 6.07. The second-order valence-corrected chi connectivity index (χ2v) is 6.89. The number of nitrogens with one attached hydrogen (secondary N) is 1. The molecule has 3 nitrogen and oxygen atoms in total. The fourth-order valence-corrected chi connectivity index (χ4v) is 2.01. The molecule has 0 atom stereocenters. The number of amides is 1. The van der Waals surface area contributed by atoms with Gasteiger partial charge in [-0.2, -0.15) is 0 Å². The van der Waals surface area contributed by atoms with Gasteiger partial charge in [-0.3, -0.25) is 9.59 Å². The van der Waals surface area contributed by atoms with Crippen molar-refractivity contribution in [3.63, 3.8) is 0 Å². The van der Waals surface area contributed by atoms with Crippen LogP contribution >= 0.6 is 0 Å². The van der Waals surface area contributed by atoms with E-state index in [2.05, 4.69) is 5.32 Å². The number of carbonyl (C=O) groups is 2. The van der Waals surface area contributed by atoms with E-state index in [0.29, 0.717) is 11.3 Å². The van der Waals surface area contributed by atoms with Crippen molar-refractivity contribution in [1.82, 2.24) is 0 Å². The lowest BCUT2D eigenvalue weighted by molar-refractivity contribution is -0.123. The first-order valence-corrected chi connectivity index (χ1v) is 7.96. The molecule has 0 saturated heterocycles. The van der Waals surface area contributed by atoms with Gasteiger partial charge in [0.05, 0.1) is 0 Å². The van der Waals surface area contributed by atoms with Crippen molar-refractivity contribution in [2.45, 2.75) is 27.7 Å². The first-order chi connectivity index (χ1) is 11.3. The van der Waals surface area contributed by atoms with Gasteiger partial charge in [-0.05, 0) is 30.7 Å². The van der Waals surface area contributed by atoms with Crippen LogP contribution in [0.2, 0.25) is 0 Å². The Kier molecular flexibility index (Phi) is 5.35. The molecule has 0 radical (unpaired) electrons. The summed E-state index contributed by atoms with van der Waals surface area (Å²) in [5, 5.41) is 2.84. The van der Waals surface area contributed by atoms with Crippen LogP contribution in [0, 0.1) is 12.3 Å². The Morgan fingerprint density at radius 2 is 1.67 bits per heavy atom. The fourth-order valence-electron chi connectivity index (χ4n) is 2.01. The lowest BCUT2D eigenvalue weighted by Crippen LogP contribution is -2.27. The molecule has 0 aliphatic rings. The fraction of sp³-hybridized carbons (Fsp3) is 0.238. The average Bonchev–Trinajstić information content (AvgIpc) is 2.53. The standard InChI is InChI=1S/C21H23NO2/c1-15-8-10-16(11-9-15)12-13-19(23)17-6-5-7-18(14-17)22-20(24)21(2,3)4/h5-14H,1-4H3,(H,22,24)/b13-12+. The van der Waals surface area contributed by atoms with E-state index in [0.717, 1.165) is 5.56 Å². The van der Waals surface area contributed by atoms with Gasteiger partial charge in [0.2, 0.25) is 5.91 Å². The number of aryl methyl sites for hydroxylation is 1. The van der Waals surface area contributed by atoms with Gasteiger partial charge in [0.25, 0.3) is 0 Å². The molecule has 2 aromatic carbocycles. The summed E-state index contributed by atoms with van der Waals surface area (Å²) < 4.78 is 0. The molecule has 1 N–H and O–H groups in total. The zero-order valence-electron chi connectivity index (χ0n) is 14.6. The lowest BCUT2D eigenvalue weighted by Gasteiger charge is -2.17. The SMILES string of the molecule is Cc1ccc(/C=C/C(=O)c2cccc(NC(=O)C(C)(C)C)c2)cc1. The van der Waals surface area contributed by atoms with Crippen molar-refractivity contribution in [3.05, 3.63) is 71.3 Å². The molecule has 0 fully saturated rings. The minimum atomic E-state index is -0.481. The summed E-state index contributed by atoms with van der Waals surface area (Å²) in [6.45, 7) is 7.57. The van der Waals surface area contributed by atoms with Gasteiger partial charge < -0.3 is 5.32 Å². The minimum Gasteiger partial charge on any atom is -0.326 e. The van der Waals surface area contributed by atoms with Crippen LogP contribution in [0.15, 0.2) is 54.6 Å². The Hall–Kier alpha value is -2.68. The number of anilines is 1. The normalized spacial score (nSPS) is 11.5. The number of carbonyl (C=O) groups excluding carboxylic acids is 2. The van der Waals surface area contributed by atoms with Gasteiger partial charge in [-0.25, -0.2) is 0 Å². The number of benzene rings is 2. The molecule has 0 unspecified atom stereocenters. The molecule has 0 aromatic heterocycles. The van der Waals surface area contributed by atoms with Crippen LogP contribution in [-0.4, -0.2) is 11.7 Å². The Morgan fingerprint density at radius 3 is 2.29 bits per heavy atom. The molecular formula is C21H23NO2. The van der Waals surface area contributed by atoms with E-state index in [-0.39, 0.29) is 11.7 Å². The van der Waals surface area contributed by atoms with Gasteiger partial charge in [-0.1, -0.05) is 68.8 Å². The first-order valence-electron chi connectivity index (χ1n) is 7.96. The summed E-state index contributed by atoms with van der Waals surface area (Å²) in [4.78, 5) is 24.4. The molecule has 0 bridgehead atoms. The molecule has 0 spiro atoms. The molecule has 24 heavy (non-hydrogen) atoms. The maximum atomic E-state index is 12.3. The second kappa shape index (κ2) is 7.26. The third-order valence-electron chi connectivity index (χ3n) is 3.59. The molecule has 1 amide bonds. The number of rotatable bonds is 4. The lowest BCUT2D eigenvalue weighted by atomic mass is 9.95. The molecule has 2 aromatic rings. The summed E-state index contributed by atoms with van der Waals surface area (Å²) in [7, 11) is 0. The van der Waals surface area contributed by atoms with E-state index in [1.807, 2.05) is 52.0 Å². The second-order valence-electron chi connectivity index (χ2n) is 6.89. The molecular weight excluding hydrogens is 298 g/mol. The van der Waals surface area contributed by atoms with Crippen molar-refractivity contribution in [2.24, 2.45) is 5.41 Å². The summed E-state index contributed by atoms with van der Waals surface area (Å²) in [6.07, 6.45) is 3.34. The van der Waals surface area contributed by atoms with Crippen LogP contribution in [0.4, 0.5) is 5.69 Å². The van der Waals surface area contributed by atoms with Crippen LogP contribution in [0.3, 0.4) is 0 Å². The molecule has 0 aliphatic heterocycles. The average molecular weight is 321 g/mol. The molecule has 124 valence electrons. The van der Waals surface area contributed by atoms with Crippen LogP contribution < -0.4 is 5.32 Å². The topological polar surface area (TPSA) is 46.2 Å². The Bertz CT molecular complexity index is 765. The first kappa shape index (κ1) is 17.7. The van der Waals surface area contributed by atoms with Crippen molar-refractivity contribution >= 4 is 23.5 Å². The number of ketones is 1. The van der Waals surface area contributed by atoms with Gasteiger partial charge in [0, 0.05) is 16.7 Å². The van der Waals surface area contributed by atoms with E-state index in [4.69, 9.17) is 0 Å². The van der Waals surface area contributed by atoms with E-state index >= 15 is 0 Å². The third-order valence-corrected chi connectivity index (χ3v) is 3.59. The number of allylic oxidation sites excluding steroid dienone is 1. The summed E-state index contributed by atoms with van der Waals surface area (Å²) in [6, 6.07) is 15.0. The monoisotopic (exact) mass is 321 g/mol. The van der Waals surface area contributed by atoms with Crippen LogP contribution in [0.5, 0.6) is 0 Å². The van der Waals surface area contributed by atoms with Crippen molar-refractivity contribution < 1.29 is 9.59 Å². The molecule has 0 aliphatic carbocycles.